The number of rotatable bonds is 3. The zero-order chi connectivity index (χ0) is 8.27. The lowest BCUT2D eigenvalue weighted by atomic mass is 10.2. The van der Waals surface area contributed by atoms with Crippen LogP contribution in [0.1, 0.15) is 18.3 Å². The van der Waals surface area contributed by atoms with Gasteiger partial charge in [0.15, 0.2) is 5.82 Å². The van der Waals surface area contributed by atoms with E-state index in [1.165, 1.54) is 0 Å². The van der Waals surface area contributed by atoms with Gasteiger partial charge in [0.25, 0.3) is 0 Å². The molecule has 0 spiro atoms. The summed E-state index contributed by atoms with van der Waals surface area (Å²) in [6.07, 6.45) is 1.48. The van der Waals surface area contributed by atoms with Crippen molar-refractivity contribution in [1.82, 2.24) is 14.8 Å². The Balaban J connectivity index is 2.67. The van der Waals surface area contributed by atoms with E-state index in [0.717, 1.165) is 0 Å². The standard InChI is InChI=1S/C6H12N4O/c1-10-4-8-9-6(10)5(11)2-3-7/h4-5,11H,2-3,7H2,1H3/t5-/m0/s1. The predicted octanol–water partition coefficient (Wildman–Crippen LogP) is -0.803. The van der Waals surface area contributed by atoms with Crippen molar-refractivity contribution in [1.29, 1.82) is 0 Å². The van der Waals surface area contributed by atoms with E-state index in [0.29, 0.717) is 18.8 Å². The lowest BCUT2D eigenvalue weighted by molar-refractivity contribution is 0.156. The zero-order valence-corrected chi connectivity index (χ0v) is 6.44. The van der Waals surface area contributed by atoms with Crippen LogP contribution in [0.4, 0.5) is 0 Å². The predicted molar refractivity (Wildman–Crippen MR) is 39.6 cm³/mol. The third-order valence-corrected chi connectivity index (χ3v) is 1.48. The van der Waals surface area contributed by atoms with Crippen LogP contribution in [0.15, 0.2) is 6.33 Å². The molecule has 0 saturated heterocycles. The first-order valence-corrected chi connectivity index (χ1v) is 3.47. The van der Waals surface area contributed by atoms with Crippen molar-refractivity contribution in [3.05, 3.63) is 12.2 Å². The molecule has 0 fully saturated rings. The number of nitrogens with two attached hydrogens (primary N) is 1. The molecule has 0 saturated carbocycles. The van der Waals surface area contributed by atoms with Crippen LogP contribution in [0.2, 0.25) is 0 Å². The molecule has 62 valence electrons. The Kier molecular flexibility index (Phi) is 2.56. The molecule has 0 amide bonds. The molecule has 0 bridgehead atoms. The summed E-state index contributed by atoms with van der Waals surface area (Å²) in [6, 6.07) is 0. The van der Waals surface area contributed by atoms with Crippen molar-refractivity contribution >= 4 is 0 Å². The third kappa shape index (κ3) is 1.75. The van der Waals surface area contributed by atoms with Gasteiger partial charge in [-0.2, -0.15) is 0 Å². The highest BCUT2D eigenvalue weighted by Crippen LogP contribution is 2.10. The first kappa shape index (κ1) is 8.16. The molecule has 1 aromatic rings. The second-order valence-corrected chi connectivity index (χ2v) is 2.39. The van der Waals surface area contributed by atoms with E-state index in [1.807, 2.05) is 0 Å². The summed E-state index contributed by atoms with van der Waals surface area (Å²) in [5.74, 6) is 0.565. The van der Waals surface area contributed by atoms with Gasteiger partial charge < -0.3 is 15.4 Å². The molecule has 0 aliphatic carbocycles. The van der Waals surface area contributed by atoms with Crippen molar-refractivity contribution in [2.75, 3.05) is 6.54 Å². The fraction of sp³-hybridized carbons (Fsp3) is 0.667. The highest BCUT2D eigenvalue weighted by molar-refractivity contribution is 4.89. The van der Waals surface area contributed by atoms with E-state index in [1.54, 1.807) is 17.9 Å². The molecule has 1 rings (SSSR count). The summed E-state index contributed by atoms with van der Waals surface area (Å²) in [7, 11) is 1.79. The van der Waals surface area contributed by atoms with E-state index in [-0.39, 0.29) is 0 Å². The molecule has 1 heterocycles. The molecular weight excluding hydrogens is 144 g/mol. The van der Waals surface area contributed by atoms with Gasteiger partial charge in [0.2, 0.25) is 0 Å². The first-order chi connectivity index (χ1) is 5.25. The average molecular weight is 156 g/mol. The maximum absolute atomic E-state index is 9.39. The van der Waals surface area contributed by atoms with Crippen molar-refractivity contribution in [2.45, 2.75) is 12.5 Å². The molecule has 5 heteroatoms. The quantitative estimate of drug-likeness (QED) is 0.600. The second kappa shape index (κ2) is 3.45. The fourth-order valence-electron chi connectivity index (χ4n) is 0.881. The lowest BCUT2D eigenvalue weighted by Crippen LogP contribution is -2.10. The topological polar surface area (TPSA) is 77.0 Å². The number of hydrogen-bond donors (Lipinski definition) is 2. The van der Waals surface area contributed by atoms with Gasteiger partial charge in [-0.15, -0.1) is 10.2 Å². The number of aliphatic hydroxyl groups is 1. The van der Waals surface area contributed by atoms with Gasteiger partial charge in [-0.05, 0) is 13.0 Å². The van der Waals surface area contributed by atoms with E-state index < -0.39 is 6.10 Å². The van der Waals surface area contributed by atoms with Crippen molar-refractivity contribution in [3.8, 4) is 0 Å². The SMILES string of the molecule is Cn1cnnc1[C@@H](O)CCN. The van der Waals surface area contributed by atoms with Crippen LogP contribution in [0.3, 0.4) is 0 Å². The van der Waals surface area contributed by atoms with E-state index >= 15 is 0 Å². The first-order valence-electron chi connectivity index (χ1n) is 3.47. The molecule has 1 aromatic heterocycles. The van der Waals surface area contributed by atoms with Gasteiger partial charge in [-0.1, -0.05) is 0 Å². The summed E-state index contributed by atoms with van der Waals surface area (Å²) in [5, 5.41) is 16.8. The Morgan fingerprint density at radius 1 is 1.82 bits per heavy atom. The molecule has 11 heavy (non-hydrogen) atoms. The van der Waals surface area contributed by atoms with Crippen LogP contribution < -0.4 is 5.73 Å². The minimum atomic E-state index is -0.590. The molecule has 0 aliphatic heterocycles. The maximum Gasteiger partial charge on any atom is 0.161 e. The van der Waals surface area contributed by atoms with Crippen LogP contribution in [-0.2, 0) is 7.05 Å². The van der Waals surface area contributed by atoms with Gasteiger partial charge >= 0.3 is 0 Å². The summed E-state index contributed by atoms with van der Waals surface area (Å²) in [5.41, 5.74) is 5.27. The molecule has 0 radical (unpaired) electrons. The summed E-state index contributed by atoms with van der Waals surface area (Å²) >= 11 is 0. The zero-order valence-electron chi connectivity index (χ0n) is 6.44. The molecule has 3 N–H and O–H groups in total. The molecule has 5 nitrogen and oxygen atoms in total. The highest BCUT2D eigenvalue weighted by atomic mass is 16.3. The summed E-state index contributed by atoms with van der Waals surface area (Å²) < 4.78 is 1.68. The summed E-state index contributed by atoms with van der Waals surface area (Å²) in [4.78, 5) is 0. The number of aryl methyl sites for hydroxylation is 1. The van der Waals surface area contributed by atoms with Crippen molar-refractivity contribution < 1.29 is 5.11 Å². The molecular formula is C6H12N4O. The van der Waals surface area contributed by atoms with Crippen molar-refractivity contribution in [2.24, 2.45) is 12.8 Å². The van der Waals surface area contributed by atoms with Crippen LogP contribution >= 0.6 is 0 Å². The number of nitrogens with zero attached hydrogens (tertiary/aromatic N) is 3. The van der Waals surface area contributed by atoms with Crippen LogP contribution in [-0.4, -0.2) is 26.4 Å². The minimum absolute atomic E-state index is 0.452. The Labute approximate surface area is 64.9 Å². The smallest absolute Gasteiger partial charge is 0.161 e. The minimum Gasteiger partial charge on any atom is -0.385 e. The van der Waals surface area contributed by atoms with E-state index in [2.05, 4.69) is 10.2 Å². The molecule has 0 unspecified atom stereocenters. The van der Waals surface area contributed by atoms with Crippen LogP contribution in [0.25, 0.3) is 0 Å². The average Bonchev–Trinajstić information content (AvgIpc) is 2.36. The van der Waals surface area contributed by atoms with Gasteiger partial charge in [0.05, 0.1) is 0 Å². The molecule has 0 aromatic carbocycles. The number of hydrogen-bond acceptors (Lipinski definition) is 4. The molecule has 1 atom stereocenters. The normalized spacial score (nSPS) is 13.4. The van der Waals surface area contributed by atoms with Crippen LogP contribution in [0, 0.1) is 0 Å². The third-order valence-electron chi connectivity index (χ3n) is 1.48. The Morgan fingerprint density at radius 2 is 2.55 bits per heavy atom. The van der Waals surface area contributed by atoms with E-state index in [9.17, 15) is 5.11 Å². The number of aliphatic hydroxyl groups excluding tert-OH is 1. The monoisotopic (exact) mass is 156 g/mol. The van der Waals surface area contributed by atoms with Crippen molar-refractivity contribution in [3.63, 3.8) is 0 Å². The number of aromatic nitrogens is 3. The van der Waals surface area contributed by atoms with Gasteiger partial charge in [-0.3, -0.25) is 0 Å². The largest absolute Gasteiger partial charge is 0.385 e. The lowest BCUT2D eigenvalue weighted by Gasteiger charge is -2.06. The van der Waals surface area contributed by atoms with Gasteiger partial charge in [0, 0.05) is 7.05 Å². The van der Waals surface area contributed by atoms with Gasteiger partial charge in [-0.25, -0.2) is 0 Å². The Hall–Kier alpha value is -0.940. The summed E-state index contributed by atoms with van der Waals surface area (Å²) in [6.45, 7) is 0.452. The Bertz CT molecular complexity index is 222. The Morgan fingerprint density at radius 3 is 3.00 bits per heavy atom. The maximum atomic E-state index is 9.39. The van der Waals surface area contributed by atoms with Crippen LogP contribution in [0.5, 0.6) is 0 Å². The second-order valence-electron chi connectivity index (χ2n) is 2.39. The fourth-order valence-corrected chi connectivity index (χ4v) is 0.881. The highest BCUT2D eigenvalue weighted by Gasteiger charge is 2.11. The molecule has 0 aliphatic rings. The van der Waals surface area contributed by atoms with Gasteiger partial charge in [0.1, 0.15) is 12.4 Å². The van der Waals surface area contributed by atoms with E-state index in [4.69, 9.17) is 5.73 Å².